The van der Waals surface area contributed by atoms with Crippen molar-refractivity contribution in [1.82, 2.24) is 4.57 Å². The lowest BCUT2D eigenvalue weighted by atomic mass is 10.2. The third-order valence-corrected chi connectivity index (χ3v) is 2.61. The van der Waals surface area contributed by atoms with Crippen molar-refractivity contribution >= 4 is 17.2 Å². The third-order valence-electron chi connectivity index (χ3n) is 2.61. The summed E-state index contributed by atoms with van der Waals surface area (Å²) in [5, 5.41) is 1.15. The molecule has 0 aliphatic rings. The average Bonchev–Trinajstić information content (AvgIpc) is 2.72. The highest BCUT2D eigenvalue weighted by Crippen LogP contribution is 2.16. The van der Waals surface area contributed by atoms with Crippen molar-refractivity contribution in [1.29, 1.82) is 0 Å². The van der Waals surface area contributed by atoms with Crippen LogP contribution in [0.2, 0.25) is 0 Å². The van der Waals surface area contributed by atoms with Crippen LogP contribution in [0, 0.1) is 0 Å². The van der Waals surface area contributed by atoms with E-state index in [0.717, 1.165) is 30.3 Å². The number of nitrogens with zero attached hydrogens (tertiary/aromatic N) is 1. The largest absolute Gasteiger partial charge is 0.380 e. The van der Waals surface area contributed by atoms with Gasteiger partial charge in [-0.25, -0.2) is 0 Å². The van der Waals surface area contributed by atoms with Gasteiger partial charge in [-0.2, -0.15) is 0 Å². The Morgan fingerprint density at radius 3 is 3.00 bits per heavy atom. The van der Waals surface area contributed by atoms with Crippen LogP contribution in [0.5, 0.6) is 0 Å². The van der Waals surface area contributed by atoms with Crippen LogP contribution in [0.25, 0.3) is 10.9 Å². The lowest BCUT2D eigenvalue weighted by molar-refractivity contribution is 0.112. The number of aromatic nitrogens is 1. The lowest BCUT2D eigenvalue weighted by Gasteiger charge is -2.05. The molecule has 0 amide bonds. The summed E-state index contributed by atoms with van der Waals surface area (Å²) in [4.78, 5) is 10.7. The lowest BCUT2D eigenvalue weighted by Crippen LogP contribution is -2.04. The van der Waals surface area contributed by atoms with Crippen LogP contribution in [-0.2, 0) is 11.3 Å². The number of aldehydes is 1. The number of carbonyl (C=O) groups excluding carboxylic acids is 1. The SMILES string of the molecule is CCOCCn1ccc2ccc(C=O)cc21. The minimum atomic E-state index is 0.700. The molecule has 16 heavy (non-hydrogen) atoms. The molecule has 0 N–H and O–H groups in total. The van der Waals surface area contributed by atoms with Gasteiger partial charge in [-0.1, -0.05) is 12.1 Å². The maximum Gasteiger partial charge on any atom is 0.150 e. The third kappa shape index (κ3) is 2.14. The number of carbonyl (C=O) groups is 1. The summed E-state index contributed by atoms with van der Waals surface area (Å²) in [5.74, 6) is 0. The molecule has 0 aliphatic heterocycles. The zero-order chi connectivity index (χ0) is 11.4. The van der Waals surface area contributed by atoms with E-state index in [-0.39, 0.29) is 0 Å². The van der Waals surface area contributed by atoms with Gasteiger partial charge in [-0.15, -0.1) is 0 Å². The standard InChI is InChI=1S/C13H15NO2/c1-2-16-8-7-14-6-5-12-4-3-11(10-15)9-13(12)14/h3-6,9-10H,2,7-8H2,1H3. The monoisotopic (exact) mass is 217 g/mol. The molecule has 0 unspecified atom stereocenters. The molecule has 3 nitrogen and oxygen atoms in total. The van der Waals surface area contributed by atoms with Crippen LogP contribution in [-0.4, -0.2) is 24.1 Å². The first kappa shape index (κ1) is 10.9. The number of hydrogen-bond acceptors (Lipinski definition) is 2. The van der Waals surface area contributed by atoms with E-state index in [2.05, 4.69) is 10.6 Å². The number of rotatable bonds is 5. The molecule has 2 aromatic rings. The van der Waals surface area contributed by atoms with Gasteiger partial charge in [-0.3, -0.25) is 4.79 Å². The Kier molecular flexibility index (Phi) is 3.37. The van der Waals surface area contributed by atoms with Crippen LogP contribution in [0.3, 0.4) is 0 Å². The van der Waals surface area contributed by atoms with Crippen molar-refractivity contribution in [3.8, 4) is 0 Å². The summed E-state index contributed by atoms with van der Waals surface area (Å²) in [7, 11) is 0. The average molecular weight is 217 g/mol. The molecular formula is C13H15NO2. The molecule has 3 heteroatoms. The first-order valence-corrected chi connectivity index (χ1v) is 5.47. The Morgan fingerprint density at radius 1 is 1.38 bits per heavy atom. The van der Waals surface area contributed by atoms with Crippen LogP contribution >= 0.6 is 0 Å². The smallest absolute Gasteiger partial charge is 0.150 e. The molecule has 84 valence electrons. The Labute approximate surface area is 94.6 Å². The van der Waals surface area contributed by atoms with Crippen molar-refractivity contribution in [2.45, 2.75) is 13.5 Å². The zero-order valence-corrected chi connectivity index (χ0v) is 9.35. The summed E-state index contributed by atoms with van der Waals surface area (Å²) in [6.07, 6.45) is 2.90. The first-order chi connectivity index (χ1) is 7.85. The fourth-order valence-electron chi connectivity index (χ4n) is 1.78. The highest BCUT2D eigenvalue weighted by molar-refractivity contribution is 5.87. The summed E-state index contributed by atoms with van der Waals surface area (Å²) in [5.41, 5.74) is 1.80. The van der Waals surface area contributed by atoms with Crippen molar-refractivity contribution in [3.05, 3.63) is 36.0 Å². The van der Waals surface area contributed by atoms with E-state index in [1.165, 1.54) is 0 Å². The second-order valence-electron chi connectivity index (χ2n) is 3.64. The molecule has 0 bridgehead atoms. The van der Waals surface area contributed by atoms with Crippen molar-refractivity contribution in [2.75, 3.05) is 13.2 Å². The van der Waals surface area contributed by atoms with Gasteiger partial charge in [0.25, 0.3) is 0 Å². The van der Waals surface area contributed by atoms with Gasteiger partial charge in [0.1, 0.15) is 6.29 Å². The number of ether oxygens (including phenoxy) is 1. The van der Waals surface area contributed by atoms with E-state index in [4.69, 9.17) is 4.74 Å². The summed E-state index contributed by atoms with van der Waals surface area (Å²) < 4.78 is 7.43. The van der Waals surface area contributed by atoms with E-state index in [0.29, 0.717) is 12.2 Å². The van der Waals surface area contributed by atoms with Crippen LogP contribution in [0.4, 0.5) is 0 Å². The summed E-state index contributed by atoms with van der Waals surface area (Å²) in [6.45, 7) is 4.24. The molecule has 1 aromatic carbocycles. The van der Waals surface area contributed by atoms with Crippen LogP contribution in [0.1, 0.15) is 17.3 Å². The van der Waals surface area contributed by atoms with E-state index in [1.807, 2.05) is 31.3 Å². The quantitative estimate of drug-likeness (QED) is 0.569. The van der Waals surface area contributed by atoms with Crippen molar-refractivity contribution < 1.29 is 9.53 Å². The first-order valence-electron chi connectivity index (χ1n) is 5.47. The highest BCUT2D eigenvalue weighted by atomic mass is 16.5. The highest BCUT2D eigenvalue weighted by Gasteiger charge is 2.01. The Bertz CT molecular complexity index is 488. The molecule has 0 radical (unpaired) electrons. The molecule has 2 rings (SSSR count). The molecule has 1 aromatic heterocycles. The Balaban J connectivity index is 2.27. The number of hydrogen-bond donors (Lipinski definition) is 0. The zero-order valence-electron chi connectivity index (χ0n) is 9.35. The fraction of sp³-hybridized carbons (Fsp3) is 0.308. The number of fused-ring (bicyclic) bond motifs is 1. The molecule has 0 atom stereocenters. The maximum atomic E-state index is 10.7. The maximum absolute atomic E-state index is 10.7. The topological polar surface area (TPSA) is 31.2 Å². The molecule has 0 spiro atoms. The predicted octanol–water partition coefficient (Wildman–Crippen LogP) is 2.49. The van der Waals surface area contributed by atoms with E-state index >= 15 is 0 Å². The second kappa shape index (κ2) is 4.94. The molecule has 0 saturated heterocycles. The fourth-order valence-corrected chi connectivity index (χ4v) is 1.78. The van der Waals surface area contributed by atoms with Gasteiger partial charge >= 0.3 is 0 Å². The predicted molar refractivity (Wildman–Crippen MR) is 63.8 cm³/mol. The molecule has 0 saturated carbocycles. The number of benzene rings is 1. The Hall–Kier alpha value is -1.61. The van der Waals surface area contributed by atoms with Crippen molar-refractivity contribution in [2.24, 2.45) is 0 Å². The minimum Gasteiger partial charge on any atom is -0.380 e. The van der Waals surface area contributed by atoms with Gasteiger partial charge < -0.3 is 9.30 Å². The van der Waals surface area contributed by atoms with Crippen molar-refractivity contribution in [3.63, 3.8) is 0 Å². The Morgan fingerprint density at radius 2 is 2.25 bits per heavy atom. The van der Waals surface area contributed by atoms with Gasteiger partial charge in [0.15, 0.2) is 0 Å². The van der Waals surface area contributed by atoms with Gasteiger partial charge in [-0.05, 0) is 24.4 Å². The molecular weight excluding hydrogens is 202 g/mol. The van der Waals surface area contributed by atoms with Gasteiger partial charge in [0, 0.05) is 30.4 Å². The van der Waals surface area contributed by atoms with Gasteiger partial charge in [0.2, 0.25) is 0 Å². The molecule has 0 aliphatic carbocycles. The molecule has 0 fully saturated rings. The minimum absolute atomic E-state index is 0.700. The summed E-state index contributed by atoms with van der Waals surface area (Å²) >= 11 is 0. The van der Waals surface area contributed by atoms with E-state index < -0.39 is 0 Å². The molecule has 1 heterocycles. The van der Waals surface area contributed by atoms with Gasteiger partial charge in [0.05, 0.1) is 6.61 Å². The van der Waals surface area contributed by atoms with Crippen LogP contribution in [0.15, 0.2) is 30.5 Å². The van der Waals surface area contributed by atoms with Crippen LogP contribution < -0.4 is 0 Å². The second-order valence-corrected chi connectivity index (χ2v) is 3.64. The normalized spacial score (nSPS) is 10.8. The van der Waals surface area contributed by atoms with E-state index in [9.17, 15) is 4.79 Å². The summed E-state index contributed by atoms with van der Waals surface area (Å²) in [6, 6.07) is 7.77. The van der Waals surface area contributed by atoms with E-state index in [1.54, 1.807) is 0 Å².